The molecule has 1 atom stereocenters. The summed E-state index contributed by atoms with van der Waals surface area (Å²) in [5.74, 6) is 1.95. The molecule has 5 heteroatoms. The van der Waals surface area contributed by atoms with Crippen LogP contribution in [-0.4, -0.2) is 23.1 Å². The van der Waals surface area contributed by atoms with Crippen molar-refractivity contribution >= 4 is 11.6 Å². The minimum atomic E-state index is 0.141. The summed E-state index contributed by atoms with van der Waals surface area (Å²) in [7, 11) is 0. The molecule has 1 aliphatic heterocycles. The van der Waals surface area contributed by atoms with Gasteiger partial charge in [-0.15, -0.1) is 0 Å². The highest BCUT2D eigenvalue weighted by molar-refractivity contribution is 6.30. The highest BCUT2D eigenvalue weighted by Gasteiger charge is 2.21. The maximum atomic E-state index is 6.21. The lowest BCUT2D eigenvalue weighted by Gasteiger charge is -2.17. The first-order valence-corrected chi connectivity index (χ1v) is 7.32. The Labute approximate surface area is 123 Å². The van der Waals surface area contributed by atoms with Crippen LogP contribution in [0.5, 0.6) is 5.75 Å². The van der Waals surface area contributed by atoms with Crippen LogP contribution in [0.2, 0.25) is 5.02 Å². The van der Waals surface area contributed by atoms with E-state index in [9.17, 15) is 0 Å². The van der Waals surface area contributed by atoms with Crippen molar-refractivity contribution in [2.24, 2.45) is 0 Å². The number of rotatable bonds is 5. The van der Waals surface area contributed by atoms with Gasteiger partial charge in [0, 0.05) is 23.8 Å². The average molecular weight is 292 g/mol. The highest BCUT2D eigenvalue weighted by atomic mass is 35.5. The summed E-state index contributed by atoms with van der Waals surface area (Å²) in [5.41, 5.74) is 2.36. The molecule has 2 heterocycles. The molecule has 0 radical (unpaired) electrons. The molecule has 0 fully saturated rings. The van der Waals surface area contributed by atoms with Gasteiger partial charge < -0.3 is 15.0 Å². The lowest BCUT2D eigenvalue weighted by molar-refractivity contribution is 0.351. The first-order chi connectivity index (χ1) is 9.78. The van der Waals surface area contributed by atoms with E-state index in [0.29, 0.717) is 0 Å². The molecule has 0 saturated heterocycles. The van der Waals surface area contributed by atoms with Crippen LogP contribution in [0.25, 0.3) is 0 Å². The summed E-state index contributed by atoms with van der Waals surface area (Å²) in [5, 5.41) is 4.23. The fourth-order valence-corrected chi connectivity index (χ4v) is 2.96. The van der Waals surface area contributed by atoms with Gasteiger partial charge in [0.2, 0.25) is 0 Å². The standard InChI is InChI=1S/C15H18ClN3O/c1-2-17-13(15-18-4-5-19-15)9-11-8-12(16)7-10-3-6-20-14(10)11/h4-5,7-8,13,17H,2-3,6,9H2,1H3,(H,18,19). The van der Waals surface area contributed by atoms with E-state index < -0.39 is 0 Å². The zero-order valence-corrected chi connectivity index (χ0v) is 12.2. The Morgan fingerprint density at radius 3 is 3.15 bits per heavy atom. The van der Waals surface area contributed by atoms with Crippen LogP contribution in [0.4, 0.5) is 0 Å². The number of benzene rings is 1. The van der Waals surface area contributed by atoms with Gasteiger partial charge in [-0.1, -0.05) is 18.5 Å². The molecule has 0 bridgehead atoms. The van der Waals surface area contributed by atoms with E-state index >= 15 is 0 Å². The van der Waals surface area contributed by atoms with Gasteiger partial charge in [0.05, 0.1) is 12.6 Å². The van der Waals surface area contributed by atoms with Crippen molar-refractivity contribution in [3.05, 3.63) is 46.5 Å². The maximum absolute atomic E-state index is 6.21. The topological polar surface area (TPSA) is 49.9 Å². The summed E-state index contributed by atoms with van der Waals surface area (Å²) in [4.78, 5) is 7.53. The van der Waals surface area contributed by atoms with Crippen LogP contribution in [0.3, 0.4) is 0 Å². The number of ether oxygens (including phenoxy) is 1. The molecule has 106 valence electrons. The maximum Gasteiger partial charge on any atom is 0.125 e. The van der Waals surface area contributed by atoms with Gasteiger partial charge in [-0.2, -0.15) is 0 Å². The molecule has 0 aliphatic carbocycles. The number of nitrogens with one attached hydrogen (secondary N) is 2. The molecule has 0 saturated carbocycles. The van der Waals surface area contributed by atoms with Crippen LogP contribution in [0.1, 0.15) is 29.9 Å². The van der Waals surface area contributed by atoms with Crippen molar-refractivity contribution in [1.82, 2.24) is 15.3 Å². The second kappa shape index (κ2) is 5.85. The molecule has 2 N–H and O–H groups in total. The van der Waals surface area contributed by atoms with Crippen molar-refractivity contribution in [1.29, 1.82) is 0 Å². The van der Waals surface area contributed by atoms with E-state index in [-0.39, 0.29) is 6.04 Å². The van der Waals surface area contributed by atoms with Gasteiger partial charge >= 0.3 is 0 Å². The average Bonchev–Trinajstić information content (AvgIpc) is 3.08. The lowest BCUT2D eigenvalue weighted by atomic mass is 10.0. The third kappa shape index (κ3) is 2.67. The number of halogens is 1. The van der Waals surface area contributed by atoms with Gasteiger partial charge in [0.1, 0.15) is 11.6 Å². The molecule has 1 aromatic heterocycles. The monoisotopic (exact) mass is 291 g/mol. The number of fused-ring (bicyclic) bond motifs is 1. The molecular formula is C15H18ClN3O. The van der Waals surface area contributed by atoms with Crippen LogP contribution in [0.15, 0.2) is 24.5 Å². The number of aromatic amines is 1. The quantitative estimate of drug-likeness (QED) is 0.890. The van der Waals surface area contributed by atoms with Gasteiger partial charge in [-0.25, -0.2) is 4.98 Å². The van der Waals surface area contributed by atoms with Crippen LogP contribution >= 0.6 is 11.6 Å². The van der Waals surface area contributed by atoms with Crippen molar-refractivity contribution in [2.75, 3.05) is 13.2 Å². The lowest BCUT2D eigenvalue weighted by Crippen LogP contribution is -2.24. The van der Waals surface area contributed by atoms with Crippen LogP contribution in [-0.2, 0) is 12.8 Å². The predicted molar refractivity (Wildman–Crippen MR) is 79.4 cm³/mol. The van der Waals surface area contributed by atoms with E-state index in [1.54, 1.807) is 6.20 Å². The summed E-state index contributed by atoms with van der Waals surface area (Å²) < 4.78 is 5.76. The second-order valence-corrected chi connectivity index (χ2v) is 5.38. The van der Waals surface area contributed by atoms with Gasteiger partial charge in [-0.05, 0) is 36.2 Å². The number of imidazole rings is 1. The second-order valence-electron chi connectivity index (χ2n) is 4.94. The zero-order valence-electron chi connectivity index (χ0n) is 11.4. The van der Waals surface area contributed by atoms with E-state index in [2.05, 4.69) is 22.2 Å². The fraction of sp³-hybridized carbons (Fsp3) is 0.400. The van der Waals surface area contributed by atoms with E-state index in [0.717, 1.165) is 48.2 Å². The first kappa shape index (κ1) is 13.5. The Morgan fingerprint density at radius 2 is 2.40 bits per heavy atom. The molecule has 0 spiro atoms. The molecule has 20 heavy (non-hydrogen) atoms. The molecule has 1 unspecified atom stereocenters. The Morgan fingerprint density at radius 1 is 1.50 bits per heavy atom. The molecule has 1 aliphatic rings. The Balaban J connectivity index is 1.89. The van der Waals surface area contributed by atoms with Gasteiger partial charge in [0.25, 0.3) is 0 Å². The summed E-state index contributed by atoms with van der Waals surface area (Å²) in [6.45, 7) is 3.72. The normalized spacial score (nSPS) is 14.9. The van der Waals surface area contributed by atoms with Gasteiger partial charge in [-0.3, -0.25) is 0 Å². The number of H-pyrrole nitrogens is 1. The first-order valence-electron chi connectivity index (χ1n) is 6.94. The zero-order chi connectivity index (χ0) is 13.9. The smallest absolute Gasteiger partial charge is 0.125 e. The van der Waals surface area contributed by atoms with Crippen molar-refractivity contribution in [2.45, 2.75) is 25.8 Å². The largest absolute Gasteiger partial charge is 0.493 e. The Bertz CT molecular complexity index is 583. The molecule has 3 rings (SSSR count). The molecule has 4 nitrogen and oxygen atoms in total. The minimum Gasteiger partial charge on any atom is -0.493 e. The Hall–Kier alpha value is -1.52. The van der Waals surface area contributed by atoms with Crippen LogP contribution in [0, 0.1) is 0 Å². The van der Waals surface area contributed by atoms with Crippen molar-refractivity contribution in [3.63, 3.8) is 0 Å². The van der Waals surface area contributed by atoms with Gasteiger partial charge in [0.15, 0.2) is 0 Å². The van der Waals surface area contributed by atoms with E-state index in [4.69, 9.17) is 16.3 Å². The molecular weight excluding hydrogens is 274 g/mol. The summed E-state index contributed by atoms with van der Waals surface area (Å²) in [6.07, 6.45) is 5.37. The minimum absolute atomic E-state index is 0.141. The number of aromatic nitrogens is 2. The van der Waals surface area contributed by atoms with Crippen LogP contribution < -0.4 is 10.1 Å². The summed E-state index contributed by atoms with van der Waals surface area (Å²) >= 11 is 6.21. The van der Waals surface area contributed by atoms with Crippen molar-refractivity contribution in [3.8, 4) is 5.75 Å². The third-order valence-corrected chi connectivity index (χ3v) is 3.77. The molecule has 2 aromatic rings. The Kier molecular flexibility index (Phi) is 3.94. The molecule has 1 aromatic carbocycles. The number of hydrogen-bond acceptors (Lipinski definition) is 3. The number of nitrogens with zero attached hydrogens (tertiary/aromatic N) is 1. The van der Waals surface area contributed by atoms with Crippen molar-refractivity contribution < 1.29 is 4.74 Å². The summed E-state index contributed by atoms with van der Waals surface area (Å²) in [6, 6.07) is 4.14. The van der Waals surface area contributed by atoms with E-state index in [1.807, 2.05) is 18.3 Å². The number of likely N-dealkylation sites (N-methyl/N-ethyl adjacent to an activating group) is 1. The SMILES string of the molecule is CCNC(Cc1cc(Cl)cc2c1OCC2)c1ncc[nH]1. The third-order valence-electron chi connectivity index (χ3n) is 3.55. The van der Waals surface area contributed by atoms with E-state index in [1.165, 1.54) is 5.56 Å². The highest BCUT2D eigenvalue weighted by Crippen LogP contribution is 2.34. The molecule has 0 amide bonds. The number of hydrogen-bond donors (Lipinski definition) is 2. The predicted octanol–water partition coefficient (Wildman–Crippen LogP) is 2.89. The fourth-order valence-electron chi connectivity index (χ4n) is 2.70.